The summed E-state index contributed by atoms with van der Waals surface area (Å²) in [4.78, 5) is 4.11. The van der Waals surface area contributed by atoms with Crippen molar-refractivity contribution in [3.8, 4) is 0 Å². The van der Waals surface area contributed by atoms with Gasteiger partial charge in [0, 0.05) is 0 Å². The maximum atomic E-state index is 13.0. The summed E-state index contributed by atoms with van der Waals surface area (Å²) in [5, 5.41) is 0. The predicted octanol–water partition coefficient (Wildman–Crippen LogP) is 1.40. The lowest BCUT2D eigenvalue weighted by atomic mass is 10.2. The van der Waals surface area contributed by atoms with E-state index >= 15 is 0 Å². The zero-order valence-corrected chi connectivity index (χ0v) is 18.0. The topological polar surface area (TPSA) is 81.2 Å². The molecule has 0 N–H and O–H groups in total. The minimum atomic E-state index is -3.65. The minimum absolute atomic E-state index is 0.145. The summed E-state index contributed by atoms with van der Waals surface area (Å²) >= 11 is 0. The van der Waals surface area contributed by atoms with Crippen molar-refractivity contribution in [1.29, 1.82) is 0 Å². The molecule has 0 unspecified atom stereocenters. The second kappa shape index (κ2) is 7.46. The number of rotatable bonds is 4. The first kappa shape index (κ1) is 20.5. The first-order valence-corrected chi connectivity index (χ1v) is 12.1. The molecular weight excluding hydrogens is 412 g/mol. The van der Waals surface area contributed by atoms with E-state index in [2.05, 4.69) is 0 Å². The molecule has 156 valence electrons. The quantitative estimate of drug-likeness (QED) is 0.721. The average Bonchev–Trinajstić information content (AvgIpc) is 2.68. The fourth-order valence-corrected chi connectivity index (χ4v) is 6.37. The summed E-state index contributed by atoms with van der Waals surface area (Å²) < 4.78 is 54.8. The third-order valence-electron chi connectivity index (χ3n) is 5.15. The number of fused-ring (bicyclic) bond motifs is 2. The van der Waals surface area contributed by atoms with Gasteiger partial charge in [-0.3, -0.25) is 9.80 Å². The number of hydrogen-bond acceptors (Lipinski definition) is 6. The van der Waals surface area contributed by atoms with Crippen LogP contribution in [0.15, 0.2) is 58.3 Å². The molecule has 0 atom stereocenters. The maximum Gasteiger partial charge on any atom is 0.245 e. The highest BCUT2D eigenvalue weighted by atomic mass is 32.2. The van der Waals surface area contributed by atoms with Crippen LogP contribution in [0.2, 0.25) is 0 Å². The largest absolute Gasteiger partial charge is 0.262 e. The van der Waals surface area contributed by atoms with E-state index < -0.39 is 20.0 Å². The maximum absolute atomic E-state index is 13.0. The van der Waals surface area contributed by atoms with Crippen molar-refractivity contribution in [2.24, 2.45) is 0 Å². The number of benzene rings is 2. The summed E-state index contributed by atoms with van der Waals surface area (Å²) in [6.45, 7) is 4.92. The van der Waals surface area contributed by atoms with E-state index in [9.17, 15) is 16.8 Å². The van der Waals surface area contributed by atoms with Gasteiger partial charge in [-0.1, -0.05) is 35.4 Å². The molecule has 4 rings (SSSR count). The monoisotopic (exact) mass is 436 g/mol. The van der Waals surface area contributed by atoms with E-state index in [-0.39, 0.29) is 36.5 Å². The fourth-order valence-electron chi connectivity index (χ4n) is 3.56. The van der Waals surface area contributed by atoms with Crippen molar-refractivity contribution in [3.63, 3.8) is 0 Å². The number of nitrogens with zero attached hydrogens (tertiary/aromatic N) is 4. The Hall–Kier alpha value is -1.82. The molecule has 2 aromatic carbocycles. The SMILES string of the molecule is Cc1ccc(S(=O)(=O)N2CN3CN(C2)CN(S(=O)(=O)c2ccc(C)cc2)C3)cc1. The zero-order chi connectivity index (χ0) is 20.8. The Kier molecular flexibility index (Phi) is 5.26. The first-order chi connectivity index (χ1) is 13.7. The van der Waals surface area contributed by atoms with Crippen LogP contribution >= 0.6 is 0 Å². The lowest BCUT2D eigenvalue weighted by Crippen LogP contribution is -2.65. The van der Waals surface area contributed by atoms with Gasteiger partial charge in [-0.15, -0.1) is 0 Å². The highest BCUT2D eigenvalue weighted by molar-refractivity contribution is 7.89. The third-order valence-corrected chi connectivity index (χ3v) is 8.71. The molecular formula is C19H24N4O4S2. The molecule has 0 aliphatic carbocycles. The molecule has 2 aliphatic rings. The highest BCUT2D eigenvalue weighted by Crippen LogP contribution is 2.25. The van der Waals surface area contributed by atoms with Gasteiger partial charge in [-0.05, 0) is 38.1 Å². The molecule has 2 aliphatic heterocycles. The summed E-state index contributed by atoms with van der Waals surface area (Å²) in [7, 11) is -7.30. The van der Waals surface area contributed by atoms with Gasteiger partial charge in [0.2, 0.25) is 20.0 Å². The Labute approximate surface area is 172 Å². The molecule has 2 bridgehead atoms. The Bertz CT molecular complexity index is 998. The molecule has 0 amide bonds. The Morgan fingerprint density at radius 3 is 1.17 bits per heavy atom. The minimum Gasteiger partial charge on any atom is -0.262 e. The van der Waals surface area contributed by atoms with Crippen LogP contribution in [0.25, 0.3) is 0 Å². The molecule has 0 spiro atoms. The van der Waals surface area contributed by atoms with Crippen molar-refractivity contribution >= 4 is 20.0 Å². The smallest absolute Gasteiger partial charge is 0.245 e. The van der Waals surface area contributed by atoms with Gasteiger partial charge in [-0.25, -0.2) is 16.8 Å². The standard InChI is InChI=1S/C19H24N4O4S2/c1-16-3-7-18(8-4-16)28(24,25)22-12-20-11-21(13-22)15-23(14-20)29(26,27)19-9-5-17(2)6-10-19/h3-10H,11-15H2,1-2H3. The second-order valence-electron chi connectivity index (χ2n) is 7.59. The second-order valence-corrected chi connectivity index (χ2v) is 11.5. The number of aryl methyl sites for hydroxylation is 2. The van der Waals surface area contributed by atoms with Crippen LogP contribution in [-0.2, 0) is 20.0 Å². The number of sulfonamides is 2. The van der Waals surface area contributed by atoms with E-state index in [0.717, 1.165) is 11.1 Å². The van der Waals surface area contributed by atoms with Gasteiger partial charge in [0.25, 0.3) is 0 Å². The molecule has 0 saturated carbocycles. The summed E-state index contributed by atoms with van der Waals surface area (Å²) in [5.41, 5.74) is 1.98. The van der Waals surface area contributed by atoms with E-state index in [1.54, 1.807) is 48.5 Å². The first-order valence-electron chi connectivity index (χ1n) is 9.25. The fraction of sp³-hybridized carbons (Fsp3) is 0.368. The van der Waals surface area contributed by atoms with Crippen molar-refractivity contribution in [1.82, 2.24) is 18.4 Å². The van der Waals surface area contributed by atoms with Crippen LogP contribution in [0.5, 0.6) is 0 Å². The summed E-state index contributed by atoms with van der Waals surface area (Å²) in [6, 6.07) is 13.5. The normalized spacial score (nSPS) is 23.8. The van der Waals surface area contributed by atoms with Gasteiger partial charge in [0.1, 0.15) is 0 Å². The van der Waals surface area contributed by atoms with Crippen molar-refractivity contribution in [2.75, 3.05) is 33.3 Å². The molecule has 0 radical (unpaired) electrons. The van der Waals surface area contributed by atoms with Crippen molar-refractivity contribution in [2.45, 2.75) is 23.6 Å². The Balaban J connectivity index is 1.53. The van der Waals surface area contributed by atoms with E-state index in [1.165, 1.54) is 8.61 Å². The van der Waals surface area contributed by atoms with Gasteiger partial charge in [0.05, 0.1) is 43.1 Å². The molecule has 29 heavy (non-hydrogen) atoms. The van der Waals surface area contributed by atoms with Crippen LogP contribution in [0.1, 0.15) is 11.1 Å². The predicted molar refractivity (Wildman–Crippen MR) is 108 cm³/mol. The molecule has 2 heterocycles. The van der Waals surface area contributed by atoms with Gasteiger partial charge in [0.15, 0.2) is 0 Å². The lowest BCUT2D eigenvalue weighted by molar-refractivity contribution is -0.0670. The van der Waals surface area contributed by atoms with Crippen LogP contribution in [0, 0.1) is 13.8 Å². The van der Waals surface area contributed by atoms with Crippen molar-refractivity contribution < 1.29 is 16.8 Å². The average molecular weight is 437 g/mol. The zero-order valence-electron chi connectivity index (χ0n) is 16.4. The van der Waals surface area contributed by atoms with Crippen LogP contribution < -0.4 is 0 Å². The molecule has 0 aromatic heterocycles. The Morgan fingerprint density at radius 2 is 0.862 bits per heavy atom. The van der Waals surface area contributed by atoms with Gasteiger partial charge in [-0.2, -0.15) is 8.61 Å². The van der Waals surface area contributed by atoms with E-state index in [4.69, 9.17) is 0 Å². The molecule has 10 heteroatoms. The van der Waals surface area contributed by atoms with E-state index in [0.29, 0.717) is 6.67 Å². The highest BCUT2D eigenvalue weighted by Gasteiger charge is 2.40. The van der Waals surface area contributed by atoms with Crippen molar-refractivity contribution in [3.05, 3.63) is 59.7 Å². The van der Waals surface area contributed by atoms with Gasteiger partial charge >= 0.3 is 0 Å². The molecule has 2 fully saturated rings. The Morgan fingerprint density at radius 1 is 0.552 bits per heavy atom. The number of hydrogen-bond donors (Lipinski definition) is 0. The lowest BCUT2D eigenvalue weighted by Gasteiger charge is -2.48. The third kappa shape index (κ3) is 3.96. The van der Waals surface area contributed by atoms with Crippen LogP contribution in [0.4, 0.5) is 0 Å². The molecule has 2 aromatic rings. The molecule has 8 nitrogen and oxygen atoms in total. The summed E-state index contributed by atoms with van der Waals surface area (Å²) in [6.07, 6.45) is 0. The van der Waals surface area contributed by atoms with E-state index in [1.807, 2.05) is 23.6 Å². The van der Waals surface area contributed by atoms with Gasteiger partial charge < -0.3 is 0 Å². The van der Waals surface area contributed by atoms with Crippen LogP contribution in [0.3, 0.4) is 0 Å². The summed E-state index contributed by atoms with van der Waals surface area (Å²) in [5.74, 6) is 0. The van der Waals surface area contributed by atoms with Crippen LogP contribution in [-0.4, -0.2) is 68.6 Å². The molecule has 2 saturated heterocycles.